The van der Waals surface area contributed by atoms with Crippen LogP contribution in [0, 0.1) is 0 Å². The Bertz CT molecular complexity index is 842. The van der Waals surface area contributed by atoms with Crippen molar-refractivity contribution in [3.05, 3.63) is 65.2 Å². The maximum absolute atomic E-state index is 11.3. The van der Waals surface area contributed by atoms with Crippen LogP contribution in [0.1, 0.15) is 36.1 Å². The summed E-state index contributed by atoms with van der Waals surface area (Å²) in [5, 5.41) is 30.4. The molecule has 0 radical (unpaired) electrons. The van der Waals surface area contributed by atoms with Gasteiger partial charge in [-0.15, -0.1) is 0 Å². The number of carboxylic acid groups (broad SMARTS) is 1. The number of aliphatic hydroxyl groups excluding tert-OH is 1. The molecule has 0 bridgehead atoms. The van der Waals surface area contributed by atoms with Crippen molar-refractivity contribution in [2.45, 2.75) is 38.0 Å². The molecule has 1 aliphatic heterocycles. The highest BCUT2D eigenvalue weighted by Crippen LogP contribution is 2.34. The van der Waals surface area contributed by atoms with Gasteiger partial charge < -0.3 is 20.2 Å². The molecule has 6 heteroatoms. The van der Waals surface area contributed by atoms with E-state index in [1.54, 1.807) is 18.9 Å². The van der Waals surface area contributed by atoms with Crippen molar-refractivity contribution in [3.63, 3.8) is 0 Å². The van der Waals surface area contributed by atoms with E-state index < -0.39 is 17.7 Å². The molecule has 2 aromatic rings. The molecule has 0 amide bonds. The van der Waals surface area contributed by atoms with Crippen molar-refractivity contribution in [2.75, 3.05) is 31.6 Å². The second-order valence-corrected chi connectivity index (χ2v) is 7.90. The molecule has 0 spiro atoms. The predicted molar refractivity (Wildman–Crippen MR) is 113 cm³/mol. The van der Waals surface area contributed by atoms with E-state index >= 15 is 0 Å². The molecular formula is C23H30N2O4. The lowest BCUT2D eigenvalue weighted by molar-refractivity contribution is -0.161. The molecule has 6 nitrogen and oxygen atoms in total. The monoisotopic (exact) mass is 398 g/mol. The van der Waals surface area contributed by atoms with Crippen molar-refractivity contribution in [1.29, 1.82) is 0 Å². The standard InChI is InChI=1S/C23H30N2O4/c1-3-23(29,22(27)28)16-24(2)15-21(26)19-10-7-11-20-18(19)12-13-25(20)14-17-8-5-4-6-9-17/h4-11,21,26,29H,3,12-16H2,1-2H3,(H,27,28). The first-order valence-corrected chi connectivity index (χ1v) is 10.1. The van der Waals surface area contributed by atoms with Gasteiger partial charge in [-0.3, -0.25) is 4.90 Å². The van der Waals surface area contributed by atoms with Gasteiger partial charge in [0.05, 0.1) is 6.10 Å². The van der Waals surface area contributed by atoms with Gasteiger partial charge in [0, 0.05) is 31.9 Å². The van der Waals surface area contributed by atoms with Crippen molar-refractivity contribution in [1.82, 2.24) is 4.90 Å². The molecule has 2 aromatic carbocycles. The van der Waals surface area contributed by atoms with Crippen molar-refractivity contribution in [3.8, 4) is 0 Å². The number of nitrogens with zero attached hydrogens (tertiary/aromatic N) is 2. The van der Waals surface area contributed by atoms with E-state index in [0.717, 1.165) is 36.3 Å². The maximum Gasteiger partial charge on any atom is 0.337 e. The van der Waals surface area contributed by atoms with E-state index in [2.05, 4.69) is 23.1 Å². The van der Waals surface area contributed by atoms with Crippen LogP contribution in [0.15, 0.2) is 48.5 Å². The zero-order chi connectivity index (χ0) is 21.0. The van der Waals surface area contributed by atoms with Gasteiger partial charge in [-0.2, -0.15) is 0 Å². The van der Waals surface area contributed by atoms with Crippen LogP contribution in [0.2, 0.25) is 0 Å². The van der Waals surface area contributed by atoms with E-state index in [-0.39, 0.29) is 19.5 Å². The third-order valence-electron chi connectivity index (χ3n) is 5.73. The summed E-state index contributed by atoms with van der Waals surface area (Å²) in [6, 6.07) is 16.3. The third kappa shape index (κ3) is 4.78. The van der Waals surface area contributed by atoms with Gasteiger partial charge in [-0.1, -0.05) is 49.4 Å². The number of aliphatic carboxylic acids is 1. The Morgan fingerprint density at radius 2 is 1.93 bits per heavy atom. The molecule has 0 saturated carbocycles. The summed E-state index contributed by atoms with van der Waals surface area (Å²) in [6.07, 6.45) is 0.229. The van der Waals surface area contributed by atoms with Gasteiger partial charge in [0.2, 0.25) is 0 Å². The van der Waals surface area contributed by atoms with Crippen LogP contribution >= 0.6 is 0 Å². The Balaban J connectivity index is 1.71. The summed E-state index contributed by atoms with van der Waals surface area (Å²) < 4.78 is 0. The number of rotatable bonds is 9. The summed E-state index contributed by atoms with van der Waals surface area (Å²) in [6.45, 7) is 3.59. The molecule has 2 atom stereocenters. The van der Waals surface area contributed by atoms with E-state index in [1.807, 2.05) is 30.3 Å². The van der Waals surface area contributed by atoms with Crippen LogP contribution in [0.3, 0.4) is 0 Å². The van der Waals surface area contributed by atoms with Crippen LogP contribution in [0.4, 0.5) is 5.69 Å². The number of hydrogen-bond acceptors (Lipinski definition) is 5. The lowest BCUT2D eigenvalue weighted by Crippen LogP contribution is -2.48. The Labute approximate surface area is 172 Å². The Morgan fingerprint density at radius 3 is 2.59 bits per heavy atom. The predicted octanol–water partition coefficient (Wildman–Crippen LogP) is 2.44. The minimum atomic E-state index is -1.81. The number of carbonyl (C=O) groups is 1. The average molecular weight is 399 g/mol. The van der Waals surface area contributed by atoms with Crippen molar-refractivity contribution < 1.29 is 20.1 Å². The molecule has 1 heterocycles. The topological polar surface area (TPSA) is 84.2 Å². The average Bonchev–Trinajstić information content (AvgIpc) is 3.11. The zero-order valence-electron chi connectivity index (χ0n) is 17.1. The quantitative estimate of drug-likeness (QED) is 0.602. The van der Waals surface area contributed by atoms with Gasteiger partial charge in [-0.05, 0) is 42.6 Å². The molecule has 0 fully saturated rings. The second kappa shape index (κ2) is 8.95. The number of fused-ring (bicyclic) bond motifs is 1. The fourth-order valence-electron chi connectivity index (χ4n) is 4.04. The van der Waals surface area contributed by atoms with E-state index in [4.69, 9.17) is 0 Å². The normalized spacial score (nSPS) is 16.5. The first-order chi connectivity index (χ1) is 13.8. The molecule has 0 saturated heterocycles. The van der Waals surface area contributed by atoms with Gasteiger partial charge in [0.1, 0.15) is 0 Å². The number of hydrogen-bond donors (Lipinski definition) is 3. The smallest absolute Gasteiger partial charge is 0.337 e. The van der Waals surface area contributed by atoms with E-state index in [0.29, 0.717) is 0 Å². The summed E-state index contributed by atoms with van der Waals surface area (Å²) in [5.41, 5.74) is 2.61. The molecule has 3 rings (SSSR count). The fourth-order valence-corrected chi connectivity index (χ4v) is 4.04. The Kier molecular flexibility index (Phi) is 6.57. The molecule has 2 unspecified atom stereocenters. The number of benzene rings is 2. The lowest BCUT2D eigenvalue weighted by Gasteiger charge is -2.29. The lowest BCUT2D eigenvalue weighted by atomic mass is 9.98. The minimum absolute atomic E-state index is 0.0367. The highest BCUT2D eigenvalue weighted by Gasteiger charge is 2.35. The second-order valence-electron chi connectivity index (χ2n) is 7.90. The highest BCUT2D eigenvalue weighted by atomic mass is 16.4. The van der Waals surface area contributed by atoms with Gasteiger partial charge in [-0.25, -0.2) is 4.79 Å². The van der Waals surface area contributed by atoms with Gasteiger partial charge in [0.25, 0.3) is 0 Å². The van der Waals surface area contributed by atoms with Crippen molar-refractivity contribution in [2.24, 2.45) is 0 Å². The Hall–Kier alpha value is -2.41. The van der Waals surface area contributed by atoms with Crippen LogP contribution in [-0.2, 0) is 17.8 Å². The van der Waals surface area contributed by atoms with Crippen LogP contribution in [-0.4, -0.2) is 58.5 Å². The summed E-state index contributed by atoms with van der Waals surface area (Å²) in [7, 11) is 1.72. The summed E-state index contributed by atoms with van der Waals surface area (Å²) >= 11 is 0. The molecule has 29 heavy (non-hydrogen) atoms. The van der Waals surface area contributed by atoms with Gasteiger partial charge >= 0.3 is 5.97 Å². The molecular weight excluding hydrogens is 368 g/mol. The number of aliphatic hydroxyl groups is 2. The molecule has 3 N–H and O–H groups in total. The number of carboxylic acids is 1. The van der Waals surface area contributed by atoms with E-state index in [1.165, 1.54) is 5.56 Å². The third-order valence-corrected chi connectivity index (χ3v) is 5.73. The molecule has 1 aliphatic rings. The van der Waals surface area contributed by atoms with E-state index in [9.17, 15) is 20.1 Å². The molecule has 0 aromatic heterocycles. The number of anilines is 1. The highest BCUT2D eigenvalue weighted by molar-refractivity contribution is 5.77. The zero-order valence-corrected chi connectivity index (χ0v) is 17.1. The SMILES string of the molecule is CCC(O)(CN(C)CC(O)c1cccc2c1CCN2Cc1ccccc1)C(=O)O. The Morgan fingerprint density at radius 1 is 1.21 bits per heavy atom. The van der Waals surface area contributed by atoms with Crippen LogP contribution in [0.5, 0.6) is 0 Å². The first-order valence-electron chi connectivity index (χ1n) is 10.1. The number of likely N-dealkylation sites (N-methyl/N-ethyl adjacent to an activating group) is 1. The van der Waals surface area contributed by atoms with Crippen molar-refractivity contribution >= 4 is 11.7 Å². The van der Waals surface area contributed by atoms with Crippen LogP contribution < -0.4 is 4.90 Å². The summed E-state index contributed by atoms with van der Waals surface area (Å²) in [5.74, 6) is -1.24. The largest absolute Gasteiger partial charge is 0.479 e. The summed E-state index contributed by atoms with van der Waals surface area (Å²) in [4.78, 5) is 15.3. The molecule has 156 valence electrons. The minimum Gasteiger partial charge on any atom is -0.479 e. The molecule has 0 aliphatic carbocycles. The first kappa shape index (κ1) is 21.3. The fraction of sp³-hybridized carbons (Fsp3) is 0.435. The van der Waals surface area contributed by atoms with Gasteiger partial charge in [0.15, 0.2) is 5.60 Å². The van der Waals surface area contributed by atoms with Crippen LogP contribution in [0.25, 0.3) is 0 Å². The maximum atomic E-state index is 11.3.